The van der Waals surface area contributed by atoms with Gasteiger partial charge in [0.05, 0.1) is 22.4 Å². The Morgan fingerprint density at radius 2 is 1.96 bits per heavy atom. The average molecular weight is 358 g/mol. The minimum absolute atomic E-state index is 0.117. The number of carbonyl (C=O) groups excluding carboxylic acids is 1. The summed E-state index contributed by atoms with van der Waals surface area (Å²) in [6.45, 7) is -0.693. The molecule has 0 aliphatic rings. The number of aromatic hydroxyl groups is 1. The molecule has 4 N–H and O–H groups in total. The maximum absolute atomic E-state index is 12.2. The molecule has 0 unspecified atom stereocenters. The highest BCUT2D eigenvalue weighted by Gasteiger charge is 2.20. The van der Waals surface area contributed by atoms with Crippen molar-refractivity contribution in [2.75, 3.05) is 6.61 Å². The van der Waals surface area contributed by atoms with Gasteiger partial charge in [0, 0.05) is 5.56 Å². The summed E-state index contributed by atoms with van der Waals surface area (Å²) >= 11 is 1.31. The van der Waals surface area contributed by atoms with Crippen LogP contribution in [0.4, 0.5) is 0 Å². The normalized spacial score (nSPS) is 12.0. The highest BCUT2D eigenvalue weighted by Crippen LogP contribution is 2.35. The van der Waals surface area contributed by atoms with Gasteiger partial charge in [0.25, 0.3) is 5.91 Å². The van der Waals surface area contributed by atoms with E-state index < -0.39 is 24.5 Å². The van der Waals surface area contributed by atoms with Crippen molar-refractivity contribution < 1.29 is 24.9 Å². The number of para-hydroxylation sites is 1. The zero-order valence-corrected chi connectivity index (χ0v) is 13.7. The third-order valence-corrected chi connectivity index (χ3v) is 4.62. The van der Waals surface area contributed by atoms with Crippen LogP contribution in [-0.2, 0) is 4.79 Å². The van der Waals surface area contributed by atoms with Gasteiger partial charge in [0.2, 0.25) is 0 Å². The summed E-state index contributed by atoms with van der Waals surface area (Å²) < 4.78 is 0.724. The standard InChI is InChI=1S/C17H14N2O5S/c20-8-12(17(23)24)18-15(22)9-5-6-11-14(7-9)25-16(19-11)10-3-1-2-4-13(10)21/h1-7,12,20-21H,8H2,(H,18,22)(H,23,24)/t12-/m0/s1. The van der Waals surface area contributed by atoms with Crippen molar-refractivity contribution in [2.45, 2.75) is 6.04 Å². The molecule has 1 atom stereocenters. The lowest BCUT2D eigenvalue weighted by Gasteiger charge is -2.11. The molecular weight excluding hydrogens is 344 g/mol. The summed E-state index contributed by atoms with van der Waals surface area (Å²) in [4.78, 5) is 27.5. The van der Waals surface area contributed by atoms with Crippen LogP contribution < -0.4 is 5.32 Å². The number of carboxylic acids is 1. The fraction of sp³-hybridized carbons (Fsp3) is 0.118. The number of carboxylic acid groups (broad SMARTS) is 1. The lowest BCUT2D eigenvalue weighted by Crippen LogP contribution is -2.43. The number of aliphatic hydroxyl groups excluding tert-OH is 1. The summed E-state index contributed by atoms with van der Waals surface area (Å²) in [5, 5.41) is 30.7. The molecule has 0 aliphatic carbocycles. The van der Waals surface area contributed by atoms with Crippen molar-refractivity contribution in [3.05, 3.63) is 48.0 Å². The van der Waals surface area contributed by atoms with Crippen LogP contribution in [0.1, 0.15) is 10.4 Å². The SMILES string of the molecule is O=C(N[C@@H](CO)C(=O)O)c1ccc2nc(-c3ccccc3O)sc2c1. The number of nitrogens with zero attached hydrogens (tertiary/aromatic N) is 1. The van der Waals surface area contributed by atoms with Gasteiger partial charge in [0.1, 0.15) is 10.8 Å². The minimum Gasteiger partial charge on any atom is -0.507 e. The Bertz CT molecular complexity index is 953. The summed E-state index contributed by atoms with van der Waals surface area (Å²) in [7, 11) is 0. The number of hydrogen-bond acceptors (Lipinski definition) is 6. The highest BCUT2D eigenvalue weighted by molar-refractivity contribution is 7.21. The molecule has 3 aromatic rings. The zero-order chi connectivity index (χ0) is 18.0. The number of carbonyl (C=O) groups is 2. The minimum atomic E-state index is -1.36. The van der Waals surface area contributed by atoms with E-state index in [0.717, 1.165) is 4.70 Å². The van der Waals surface area contributed by atoms with E-state index in [4.69, 9.17) is 10.2 Å². The number of aliphatic carboxylic acids is 1. The van der Waals surface area contributed by atoms with Crippen LogP contribution in [0.25, 0.3) is 20.8 Å². The Kier molecular flexibility index (Phi) is 4.64. The second kappa shape index (κ2) is 6.88. The number of aromatic nitrogens is 1. The zero-order valence-electron chi connectivity index (χ0n) is 12.8. The largest absolute Gasteiger partial charge is 0.507 e. The van der Waals surface area contributed by atoms with Crippen LogP contribution in [0.15, 0.2) is 42.5 Å². The van der Waals surface area contributed by atoms with Gasteiger partial charge < -0.3 is 20.6 Å². The lowest BCUT2D eigenvalue weighted by molar-refractivity contribution is -0.140. The van der Waals surface area contributed by atoms with E-state index in [0.29, 0.717) is 16.1 Å². The van der Waals surface area contributed by atoms with Gasteiger partial charge >= 0.3 is 5.97 Å². The first-order valence-electron chi connectivity index (χ1n) is 7.33. The fourth-order valence-electron chi connectivity index (χ4n) is 2.26. The molecule has 1 heterocycles. The number of hydrogen-bond donors (Lipinski definition) is 4. The number of amides is 1. The van der Waals surface area contributed by atoms with Gasteiger partial charge in [-0.1, -0.05) is 12.1 Å². The highest BCUT2D eigenvalue weighted by atomic mass is 32.1. The number of fused-ring (bicyclic) bond motifs is 1. The average Bonchev–Trinajstić information content (AvgIpc) is 3.02. The first kappa shape index (κ1) is 16.9. The summed E-state index contributed by atoms with van der Waals surface area (Å²) in [5.41, 5.74) is 1.53. The maximum atomic E-state index is 12.2. The summed E-state index contributed by atoms with van der Waals surface area (Å²) in [6.07, 6.45) is 0. The van der Waals surface area contributed by atoms with E-state index in [1.807, 2.05) is 0 Å². The topological polar surface area (TPSA) is 120 Å². The molecule has 1 amide bonds. The van der Waals surface area contributed by atoms with Crippen LogP contribution >= 0.6 is 11.3 Å². The number of rotatable bonds is 5. The number of benzene rings is 2. The second-order valence-electron chi connectivity index (χ2n) is 5.27. The smallest absolute Gasteiger partial charge is 0.328 e. The molecule has 8 heteroatoms. The molecular formula is C17H14N2O5S. The number of aliphatic hydroxyl groups is 1. The van der Waals surface area contributed by atoms with Gasteiger partial charge in [-0.25, -0.2) is 9.78 Å². The molecule has 0 aliphatic heterocycles. The van der Waals surface area contributed by atoms with Crippen molar-refractivity contribution in [2.24, 2.45) is 0 Å². The van der Waals surface area contributed by atoms with E-state index in [2.05, 4.69) is 10.3 Å². The Labute approximate surface area is 146 Å². The molecule has 0 bridgehead atoms. The maximum Gasteiger partial charge on any atom is 0.328 e. The van der Waals surface area contributed by atoms with Crippen LogP contribution in [0.3, 0.4) is 0 Å². The molecule has 7 nitrogen and oxygen atoms in total. The third-order valence-electron chi connectivity index (χ3n) is 3.57. The second-order valence-corrected chi connectivity index (χ2v) is 6.30. The van der Waals surface area contributed by atoms with Crippen LogP contribution in [0.5, 0.6) is 5.75 Å². The van der Waals surface area contributed by atoms with Crippen molar-refractivity contribution in [3.8, 4) is 16.3 Å². The van der Waals surface area contributed by atoms with E-state index in [-0.39, 0.29) is 11.3 Å². The van der Waals surface area contributed by atoms with E-state index in [9.17, 15) is 14.7 Å². The summed E-state index contributed by atoms with van der Waals surface area (Å²) in [6, 6.07) is 10.3. The van der Waals surface area contributed by atoms with Crippen molar-refractivity contribution in [3.63, 3.8) is 0 Å². The van der Waals surface area contributed by atoms with Gasteiger partial charge in [-0.3, -0.25) is 4.79 Å². The van der Waals surface area contributed by atoms with E-state index in [1.165, 1.54) is 17.4 Å². The van der Waals surface area contributed by atoms with Crippen LogP contribution in [-0.4, -0.2) is 44.8 Å². The monoisotopic (exact) mass is 358 g/mol. The number of thiazole rings is 1. The van der Waals surface area contributed by atoms with Gasteiger partial charge in [-0.05, 0) is 30.3 Å². The van der Waals surface area contributed by atoms with Crippen molar-refractivity contribution in [1.29, 1.82) is 0 Å². The molecule has 2 aromatic carbocycles. The molecule has 0 spiro atoms. The number of phenolic OH excluding ortho intramolecular Hbond substituents is 1. The molecule has 0 radical (unpaired) electrons. The predicted molar refractivity (Wildman–Crippen MR) is 92.7 cm³/mol. The number of nitrogens with one attached hydrogen (secondary N) is 1. The molecule has 25 heavy (non-hydrogen) atoms. The quantitative estimate of drug-likeness (QED) is 0.552. The Balaban J connectivity index is 1.92. The molecule has 3 rings (SSSR count). The molecule has 0 saturated carbocycles. The summed E-state index contributed by atoms with van der Waals surface area (Å²) in [5.74, 6) is -1.79. The molecule has 128 valence electrons. The Morgan fingerprint density at radius 3 is 2.64 bits per heavy atom. The fourth-order valence-corrected chi connectivity index (χ4v) is 3.30. The van der Waals surface area contributed by atoms with Gasteiger partial charge in [0.15, 0.2) is 6.04 Å². The Morgan fingerprint density at radius 1 is 1.20 bits per heavy atom. The van der Waals surface area contributed by atoms with Gasteiger partial charge in [-0.2, -0.15) is 0 Å². The third kappa shape index (κ3) is 3.44. The molecule has 0 saturated heterocycles. The predicted octanol–water partition coefficient (Wildman–Crippen LogP) is 1.84. The molecule has 0 fully saturated rings. The van der Waals surface area contributed by atoms with Crippen LogP contribution in [0, 0.1) is 0 Å². The van der Waals surface area contributed by atoms with Crippen LogP contribution in [0.2, 0.25) is 0 Å². The van der Waals surface area contributed by atoms with Gasteiger partial charge in [-0.15, -0.1) is 11.3 Å². The van der Waals surface area contributed by atoms with E-state index in [1.54, 1.807) is 36.4 Å². The Hall–Kier alpha value is -2.97. The first-order valence-corrected chi connectivity index (χ1v) is 8.14. The lowest BCUT2D eigenvalue weighted by atomic mass is 10.2. The van der Waals surface area contributed by atoms with Crippen molar-refractivity contribution in [1.82, 2.24) is 10.3 Å². The molecule has 1 aromatic heterocycles. The van der Waals surface area contributed by atoms with E-state index >= 15 is 0 Å². The van der Waals surface area contributed by atoms with Crippen molar-refractivity contribution >= 4 is 33.4 Å². The first-order chi connectivity index (χ1) is 12.0. The number of phenols is 1.